The summed E-state index contributed by atoms with van der Waals surface area (Å²) in [5.74, 6) is 0.550. The summed E-state index contributed by atoms with van der Waals surface area (Å²) in [6, 6.07) is 11.2. The maximum absolute atomic E-state index is 14.4. The molecule has 160 valence electrons. The molecule has 2 heterocycles. The predicted octanol–water partition coefficient (Wildman–Crippen LogP) is 4.49. The number of carbonyl (C=O) groups is 1. The van der Waals surface area contributed by atoms with Crippen LogP contribution in [0.2, 0.25) is 0 Å². The van der Waals surface area contributed by atoms with Crippen LogP contribution in [0.3, 0.4) is 0 Å². The molecule has 0 aliphatic carbocycles. The van der Waals surface area contributed by atoms with Gasteiger partial charge in [0.1, 0.15) is 18.2 Å². The first-order chi connectivity index (χ1) is 14.5. The van der Waals surface area contributed by atoms with Crippen molar-refractivity contribution in [2.24, 2.45) is 0 Å². The summed E-state index contributed by atoms with van der Waals surface area (Å²) >= 11 is 0. The van der Waals surface area contributed by atoms with Crippen LogP contribution < -0.4 is 14.5 Å². The van der Waals surface area contributed by atoms with Crippen molar-refractivity contribution in [2.75, 3.05) is 42.6 Å². The maximum atomic E-state index is 14.4. The zero-order valence-corrected chi connectivity index (χ0v) is 17.7. The molecule has 2 fully saturated rings. The molecule has 0 N–H and O–H groups in total. The number of hydrogen-bond donors (Lipinski definition) is 0. The highest BCUT2D eigenvalue weighted by atomic mass is 19.1. The normalized spacial score (nSPS) is 17.1. The van der Waals surface area contributed by atoms with Crippen molar-refractivity contribution in [3.05, 3.63) is 53.3 Å². The van der Waals surface area contributed by atoms with E-state index in [1.807, 2.05) is 36.9 Å². The molecule has 2 aromatic carbocycles. The van der Waals surface area contributed by atoms with Crippen LogP contribution in [0.1, 0.15) is 43.7 Å². The average molecular weight is 413 g/mol. The van der Waals surface area contributed by atoms with Gasteiger partial charge in [-0.25, -0.2) is 4.39 Å². The summed E-state index contributed by atoms with van der Waals surface area (Å²) in [6.07, 6.45) is 1.48. The third-order valence-corrected chi connectivity index (χ3v) is 5.79. The SMILES string of the molecule is CC(C)c1ccc(OCc2cc(N3CCCC3=O)ccc2N2CCOCC2)cc1F. The monoisotopic (exact) mass is 412 g/mol. The molecule has 2 aromatic rings. The summed E-state index contributed by atoms with van der Waals surface area (Å²) in [5.41, 5.74) is 3.65. The first-order valence-electron chi connectivity index (χ1n) is 10.7. The van der Waals surface area contributed by atoms with Crippen molar-refractivity contribution in [2.45, 2.75) is 39.2 Å². The number of morpholine rings is 1. The van der Waals surface area contributed by atoms with Crippen molar-refractivity contribution in [3.63, 3.8) is 0 Å². The molecule has 30 heavy (non-hydrogen) atoms. The Morgan fingerprint density at radius 2 is 1.90 bits per heavy atom. The van der Waals surface area contributed by atoms with Gasteiger partial charge in [-0.3, -0.25) is 4.79 Å². The molecule has 6 heteroatoms. The molecule has 0 aromatic heterocycles. The van der Waals surface area contributed by atoms with Crippen LogP contribution in [0.15, 0.2) is 36.4 Å². The predicted molar refractivity (Wildman–Crippen MR) is 116 cm³/mol. The minimum atomic E-state index is -0.243. The second kappa shape index (κ2) is 9.04. The number of halogens is 1. The lowest BCUT2D eigenvalue weighted by Gasteiger charge is -2.31. The van der Waals surface area contributed by atoms with E-state index in [0.717, 1.165) is 43.0 Å². The van der Waals surface area contributed by atoms with Crippen LogP contribution in [0.4, 0.5) is 15.8 Å². The van der Waals surface area contributed by atoms with Gasteiger partial charge in [0.15, 0.2) is 0 Å². The summed E-state index contributed by atoms with van der Waals surface area (Å²) < 4.78 is 25.8. The second-order valence-corrected chi connectivity index (χ2v) is 8.19. The number of anilines is 2. The van der Waals surface area contributed by atoms with Gasteiger partial charge >= 0.3 is 0 Å². The van der Waals surface area contributed by atoms with Gasteiger partial charge in [0.2, 0.25) is 5.91 Å². The Kier molecular flexibility index (Phi) is 6.23. The highest BCUT2D eigenvalue weighted by Gasteiger charge is 2.23. The Hall–Kier alpha value is -2.60. The van der Waals surface area contributed by atoms with E-state index in [1.54, 1.807) is 6.07 Å². The molecule has 1 amide bonds. The molecule has 2 saturated heterocycles. The van der Waals surface area contributed by atoms with Crippen LogP contribution in [0.25, 0.3) is 0 Å². The summed E-state index contributed by atoms with van der Waals surface area (Å²) in [4.78, 5) is 16.3. The molecule has 0 atom stereocenters. The van der Waals surface area contributed by atoms with Gasteiger partial charge in [-0.1, -0.05) is 19.9 Å². The van der Waals surface area contributed by atoms with Gasteiger partial charge in [0.25, 0.3) is 0 Å². The average Bonchev–Trinajstić information content (AvgIpc) is 3.18. The zero-order valence-electron chi connectivity index (χ0n) is 17.7. The fraction of sp³-hybridized carbons (Fsp3) is 0.458. The first-order valence-corrected chi connectivity index (χ1v) is 10.7. The molecule has 5 nitrogen and oxygen atoms in total. The Balaban J connectivity index is 1.58. The standard InChI is InChI=1S/C24H29FN2O3/c1-17(2)21-7-6-20(15-22(21)25)30-16-18-14-19(27-9-3-4-24(27)28)5-8-23(18)26-10-12-29-13-11-26/h5-8,14-15,17H,3-4,9-13,16H2,1-2H3. The van der Waals surface area contributed by atoms with E-state index in [0.29, 0.717) is 37.6 Å². The third kappa shape index (κ3) is 4.43. The Bertz CT molecular complexity index is 909. The van der Waals surface area contributed by atoms with Crippen LogP contribution in [-0.2, 0) is 16.1 Å². The van der Waals surface area contributed by atoms with E-state index in [1.165, 1.54) is 6.07 Å². The fourth-order valence-electron chi connectivity index (χ4n) is 4.12. The molecule has 0 saturated carbocycles. The highest BCUT2D eigenvalue weighted by Crippen LogP contribution is 2.31. The lowest BCUT2D eigenvalue weighted by molar-refractivity contribution is -0.117. The van der Waals surface area contributed by atoms with Gasteiger partial charge < -0.3 is 19.3 Å². The fourth-order valence-corrected chi connectivity index (χ4v) is 4.12. The van der Waals surface area contributed by atoms with E-state index in [2.05, 4.69) is 11.0 Å². The van der Waals surface area contributed by atoms with Gasteiger partial charge in [0, 0.05) is 49.1 Å². The van der Waals surface area contributed by atoms with E-state index in [4.69, 9.17) is 9.47 Å². The number of rotatable bonds is 6. The molecular formula is C24H29FN2O3. The van der Waals surface area contributed by atoms with Crippen molar-refractivity contribution in [1.29, 1.82) is 0 Å². The van der Waals surface area contributed by atoms with E-state index >= 15 is 0 Å². The first kappa shape index (κ1) is 20.7. The minimum absolute atomic E-state index is 0.127. The van der Waals surface area contributed by atoms with E-state index in [9.17, 15) is 9.18 Å². The van der Waals surface area contributed by atoms with Gasteiger partial charge in [0.05, 0.1) is 13.2 Å². The number of carbonyl (C=O) groups excluding carboxylic acids is 1. The van der Waals surface area contributed by atoms with Crippen LogP contribution in [0, 0.1) is 5.82 Å². The summed E-state index contributed by atoms with van der Waals surface area (Å²) in [5, 5.41) is 0. The highest BCUT2D eigenvalue weighted by molar-refractivity contribution is 5.95. The lowest BCUT2D eigenvalue weighted by atomic mass is 10.0. The van der Waals surface area contributed by atoms with Gasteiger partial charge in [-0.2, -0.15) is 0 Å². The van der Waals surface area contributed by atoms with E-state index in [-0.39, 0.29) is 17.6 Å². The Morgan fingerprint density at radius 1 is 1.10 bits per heavy atom. The van der Waals surface area contributed by atoms with Crippen molar-refractivity contribution >= 4 is 17.3 Å². The van der Waals surface area contributed by atoms with Crippen LogP contribution in [0.5, 0.6) is 5.75 Å². The third-order valence-electron chi connectivity index (χ3n) is 5.79. The Morgan fingerprint density at radius 3 is 2.57 bits per heavy atom. The summed E-state index contributed by atoms with van der Waals surface area (Å²) in [6.45, 7) is 8.00. The molecule has 0 radical (unpaired) electrons. The molecule has 2 aliphatic heterocycles. The smallest absolute Gasteiger partial charge is 0.227 e. The van der Waals surface area contributed by atoms with Crippen molar-refractivity contribution in [1.82, 2.24) is 0 Å². The number of benzene rings is 2. The molecule has 0 bridgehead atoms. The number of nitrogens with zero attached hydrogens (tertiary/aromatic N) is 2. The molecule has 4 rings (SSSR count). The quantitative estimate of drug-likeness (QED) is 0.701. The van der Waals surface area contributed by atoms with Crippen molar-refractivity contribution in [3.8, 4) is 5.75 Å². The lowest BCUT2D eigenvalue weighted by Crippen LogP contribution is -2.37. The van der Waals surface area contributed by atoms with E-state index < -0.39 is 0 Å². The van der Waals surface area contributed by atoms with Gasteiger partial charge in [-0.05, 0) is 42.2 Å². The number of amides is 1. The van der Waals surface area contributed by atoms with Crippen LogP contribution >= 0.6 is 0 Å². The van der Waals surface area contributed by atoms with Crippen LogP contribution in [-0.4, -0.2) is 38.8 Å². The largest absolute Gasteiger partial charge is 0.489 e. The Labute approximate surface area is 177 Å². The second-order valence-electron chi connectivity index (χ2n) is 8.19. The summed E-state index contributed by atoms with van der Waals surface area (Å²) in [7, 11) is 0. The molecular weight excluding hydrogens is 383 g/mol. The zero-order chi connectivity index (χ0) is 21.1. The molecule has 0 unspecified atom stereocenters. The minimum Gasteiger partial charge on any atom is -0.489 e. The van der Waals surface area contributed by atoms with Crippen molar-refractivity contribution < 1.29 is 18.7 Å². The topological polar surface area (TPSA) is 42.0 Å². The number of hydrogen-bond acceptors (Lipinski definition) is 4. The number of ether oxygens (including phenoxy) is 2. The maximum Gasteiger partial charge on any atom is 0.227 e. The van der Waals surface area contributed by atoms with Gasteiger partial charge in [-0.15, -0.1) is 0 Å². The molecule has 2 aliphatic rings. The molecule has 0 spiro atoms.